The van der Waals surface area contributed by atoms with Crippen molar-refractivity contribution >= 4 is 0 Å². The highest BCUT2D eigenvalue weighted by atomic mass is 15.3. The number of nitrogens with one attached hydrogen (secondary N) is 1. The molecule has 0 saturated carbocycles. The highest BCUT2D eigenvalue weighted by Crippen LogP contribution is 2.30. The van der Waals surface area contributed by atoms with Gasteiger partial charge in [0.05, 0.1) is 11.7 Å². The topological polar surface area (TPSA) is 29.9 Å². The summed E-state index contributed by atoms with van der Waals surface area (Å²) in [5.41, 5.74) is 6.41. The maximum absolute atomic E-state index is 4.79. The van der Waals surface area contributed by atoms with Crippen LogP contribution < -0.4 is 5.32 Å². The summed E-state index contributed by atoms with van der Waals surface area (Å²) >= 11 is 0. The maximum Gasteiger partial charge on any atom is 0.0675 e. The van der Waals surface area contributed by atoms with Gasteiger partial charge in [0.25, 0.3) is 0 Å². The predicted octanol–water partition coefficient (Wildman–Crippen LogP) is 3.26. The van der Waals surface area contributed by atoms with Crippen molar-refractivity contribution in [1.29, 1.82) is 0 Å². The third-order valence-corrected chi connectivity index (χ3v) is 4.36. The third-order valence-electron chi connectivity index (χ3n) is 4.36. The van der Waals surface area contributed by atoms with Gasteiger partial charge in [0.15, 0.2) is 0 Å². The maximum atomic E-state index is 4.79. The molecule has 1 saturated heterocycles. The molecule has 106 valence electrons. The molecule has 1 unspecified atom stereocenters. The van der Waals surface area contributed by atoms with Gasteiger partial charge in [-0.1, -0.05) is 31.2 Å². The van der Waals surface area contributed by atoms with Gasteiger partial charge in [0.1, 0.15) is 0 Å². The first-order chi connectivity index (χ1) is 9.70. The summed E-state index contributed by atoms with van der Waals surface area (Å²) in [5.74, 6) is 0. The fourth-order valence-corrected chi connectivity index (χ4v) is 3.19. The summed E-state index contributed by atoms with van der Waals surface area (Å²) in [6.07, 6.45) is 2.27. The van der Waals surface area contributed by atoms with E-state index < -0.39 is 0 Å². The predicted molar refractivity (Wildman–Crippen MR) is 83.0 cm³/mol. The van der Waals surface area contributed by atoms with Gasteiger partial charge in [0, 0.05) is 17.8 Å². The monoisotopic (exact) mass is 269 g/mol. The second kappa shape index (κ2) is 5.41. The molecule has 1 aromatic carbocycles. The second-order valence-corrected chi connectivity index (χ2v) is 5.69. The average Bonchev–Trinajstić information content (AvgIpc) is 3.07. The van der Waals surface area contributed by atoms with Crippen molar-refractivity contribution in [1.82, 2.24) is 15.1 Å². The zero-order valence-corrected chi connectivity index (χ0v) is 12.6. The molecule has 1 aliphatic heterocycles. The van der Waals surface area contributed by atoms with Crippen LogP contribution in [0, 0.1) is 13.8 Å². The molecule has 3 nitrogen and oxygen atoms in total. The molecular weight excluding hydrogens is 246 g/mol. The van der Waals surface area contributed by atoms with E-state index >= 15 is 0 Å². The summed E-state index contributed by atoms with van der Waals surface area (Å²) in [6.45, 7) is 8.65. The van der Waals surface area contributed by atoms with E-state index in [4.69, 9.17) is 5.10 Å². The Morgan fingerprint density at radius 2 is 2.00 bits per heavy atom. The average molecular weight is 269 g/mol. The highest BCUT2D eigenvalue weighted by Gasteiger charge is 2.22. The Kier molecular flexibility index (Phi) is 3.62. The van der Waals surface area contributed by atoms with Crippen LogP contribution >= 0.6 is 0 Å². The van der Waals surface area contributed by atoms with Gasteiger partial charge in [-0.05, 0) is 44.4 Å². The van der Waals surface area contributed by atoms with Gasteiger partial charge in [-0.15, -0.1) is 0 Å². The number of aryl methyl sites for hydroxylation is 2. The van der Waals surface area contributed by atoms with Crippen LogP contribution in [0.1, 0.15) is 36.3 Å². The zero-order chi connectivity index (χ0) is 14.1. The summed E-state index contributed by atoms with van der Waals surface area (Å²) in [6, 6.07) is 9.42. The van der Waals surface area contributed by atoms with Gasteiger partial charge >= 0.3 is 0 Å². The van der Waals surface area contributed by atoms with E-state index in [1.807, 2.05) is 0 Å². The van der Waals surface area contributed by atoms with Crippen LogP contribution in [-0.2, 0) is 6.42 Å². The number of nitrogens with zero attached hydrogens (tertiary/aromatic N) is 2. The van der Waals surface area contributed by atoms with E-state index in [0.29, 0.717) is 6.04 Å². The van der Waals surface area contributed by atoms with Crippen molar-refractivity contribution in [2.75, 3.05) is 13.1 Å². The normalized spacial score (nSPS) is 18.6. The van der Waals surface area contributed by atoms with Crippen LogP contribution in [0.2, 0.25) is 0 Å². The molecule has 1 N–H and O–H groups in total. The van der Waals surface area contributed by atoms with Gasteiger partial charge in [-0.3, -0.25) is 4.68 Å². The van der Waals surface area contributed by atoms with E-state index in [0.717, 1.165) is 25.2 Å². The minimum absolute atomic E-state index is 0.511. The van der Waals surface area contributed by atoms with Crippen molar-refractivity contribution < 1.29 is 0 Å². The van der Waals surface area contributed by atoms with E-state index in [-0.39, 0.29) is 0 Å². The highest BCUT2D eigenvalue weighted by molar-refractivity contribution is 5.68. The van der Waals surface area contributed by atoms with E-state index in [9.17, 15) is 0 Å². The van der Waals surface area contributed by atoms with Crippen LogP contribution in [-0.4, -0.2) is 22.9 Å². The number of hydrogen-bond donors (Lipinski definition) is 1. The Bertz CT molecular complexity index is 589. The Morgan fingerprint density at radius 3 is 2.60 bits per heavy atom. The van der Waals surface area contributed by atoms with Crippen molar-refractivity contribution in [3.63, 3.8) is 0 Å². The summed E-state index contributed by atoms with van der Waals surface area (Å²) in [7, 11) is 0. The lowest BCUT2D eigenvalue weighted by Gasteiger charge is -2.12. The molecule has 0 amide bonds. The summed E-state index contributed by atoms with van der Waals surface area (Å²) in [5, 5.41) is 8.21. The van der Waals surface area contributed by atoms with Crippen molar-refractivity contribution in [3.8, 4) is 11.1 Å². The quantitative estimate of drug-likeness (QED) is 0.927. The van der Waals surface area contributed by atoms with Crippen LogP contribution in [0.5, 0.6) is 0 Å². The molecule has 1 atom stereocenters. The lowest BCUT2D eigenvalue weighted by molar-refractivity contribution is 0.477. The molecule has 3 rings (SSSR count). The van der Waals surface area contributed by atoms with E-state index in [2.05, 4.69) is 55.0 Å². The van der Waals surface area contributed by atoms with Gasteiger partial charge in [-0.2, -0.15) is 5.10 Å². The van der Waals surface area contributed by atoms with E-state index in [1.54, 1.807) is 0 Å². The minimum atomic E-state index is 0.511. The number of hydrogen-bond acceptors (Lipinski definition) is 2. The van der Waals surface area contributed by atoms with Crippen LogP contribution in [0.3, 0.4) is 0 Å². The molecule has 2 heterocycles. The van der Waals surface area contributed by atoms with Crippen LogP contribution in [0.15, 0.2) is 24.3 Å². The first-order valence-electron chi connectivity index (χ1n) is 7.56. The fourth-order valence-electron chi connectivity index (χ4n) is 3.19. The summed E-state index contributed by atoms with van der Waals surface area (Å²) < 4.78 is 2.22. The fraction of sp³-hybridized carbons (Fsp3) is 0.471. The zero-order valence-electron chi connectivity index (χ0n) is 12.6. The Balaban J connectivity index is 2.00. The first-order valence-corrected chi connectivity index (χ1v) is 7.56. The Morgan fingerprint density at radius 1 is 1.25 bits per heavy atom. The van der Waals surface area contributed by atoms with Gasteiger partial charge < -0.3 is 5.32 Å². The SMILES string of the molecule is CCc1ccc(-c2c(C)nn(C3CCNC3)c2C)cc1. The smallest absolute Gasteiger partial charge is 0.0675 e. The number of aromatic nitrogens is 2. The standard InChI is InChI=1S/C17H23N3/c1-4-14-5-7-15(8-6-14)17-12(2)19-20(13(17)3)16-9-10-18-11-16/h5-8,16,18H,4,9-11H2,1-3H3. The lowest BCUT2D eigenvalue weighted by Crippen LogP contribution is -2.15. The second-order valence-electron chi connectivity index (χ2n) is 5.69. The molecule has 1 fully saturated rings. The van der Waals surface area contributed by atoms with Crippen molar-refractivity contribution in [2.45, 2.75) is 39.7 Å². The van der Waals surface area contributed by atoms with Crippen molar-refractivity contribution in [2.24, 2.45) is 0 Å². The molecule has 1 aliphatic rings. The number of benzene rings is 1. The number of rotatable bonds is 3. The molecule has 3 heteroatoms. The molecule has 0 aliphatic carbocycles. The van der Waals surface area contributed by atoms with Gasteiger partial charge in [-0.25, -0.2) is 0 Å². The largest absolute Gasteiger partial charge is 0.315 e. The Hall–Kier alpha value is -1.61. The molecular formula is C17H23N3. The van der Waals surface area contributed by atoms with Crippen molar-refractivity contribution in [3.05, 3.63) is 41.2 Å². The molecule has 0 radical (unpaired) electrons. The Labute approximate surface area is 121 Å². The summed E-state index contributed by atoms with van der Waals surface area (Å²) in [4.78, 5) is 0. The van der Waals surface area contributed by atoms with Crippen LogP contribution in [0.4, 0.5) is 0 Å². The molecule has 0 bridgehead atoms. The molecule has 0 spiro atoms. The van der Waals surface area contributed by atoms with Crippen LogP contribution in [0.25, 0.3) is 11.1 Å². The first kappa shape index (κ1) is 13.4. The molecule has 20 heavy (non-hydrogen) atoms. The molecule has 1 aromatic heterocycles. The van der Waals surface area contributed by atoms with E-state index in [1.165, 1.54) is 28.8 Å². The third kappa shape index (κ3) is 2.27. The van der Waals surface area contributed by atoms with Gasteiger partial charge in [0.2, 0.25) is 0 Å². The molecule has 2 aromatic rings. The lowest BCUT2D eigenvalue weighted by atomic mass is 10.0. The minimum Gasteiger partial charge on any atom is -0.315 e.